The standard InChI is InChI=1S/C21H25.C12H19.C3H6.2ClH.Zr/c1-20(2,3)16-9-7-14-11-15-8-10-17(21(4,5)6)13-19(15)18(14)12-16;1-5-6-10-7-8-11(9-10)12(2,3)4;1-3-2;;;/h7-13H,1-6H3;8-10H,5-6H2,1-4H3;1-2H3;2*1H;/q2*-1;;;;+2/p-2. The van der Waals surface area contributed by atoms with Gasteiger partial charge in [0.25, 0.3) is 0 Å². The summed E-state index contributed by atoms with van der Waals surface area (Å²) in [5.41, 5.74) is 4.95. The fourth-order valence-electron chi connectivity index (χ4n) is 4.39. The van der Waals surface area contributed by atoms with E-state index >= 15 is 0 Å². The first-order chi connectivity index (χ1) is 16.9. The number of benzene rings is 2. The molecule has 0 fully saturated rings. The molecule has 0 saturated carbocycles. The molecule has 0 nitrogen and oxygen atoms in total. The second kappa shape index (κ2) is 15.4. The normalized spacial score (nSPS) is 14.9. The fourth-order valence-corrected chi connectivity index (χ4v) is 4.39. The van der Waals surface area contributed by atoms with Crippen LogP contribution in [-0.2, 0) is 35.1 Å². The zero-order valence-electron chi connectivity index (χ0n) is 26.4. The molecular formula is C36H50Cl2Zr-2. The molecule has 3 heteroatoms. The predicted molar refractivity (Wildman–Crippen MR) is 165 cm³/mol. The van der Waals surface area contributed by atoms with E-state index in [-0.39, 0.29) is 35.6 Å². The van der Waals surface area contributed by atoms with Crippen molar-refractivity contribution in [3.8, 4) is 0 Å². The summed E-state index contributed by atoms with van der Waals surface area (Å²) >= 11 is 1.55. The van der Waals surface area contributed by atoms with Crippen molar-refractivity contribution in [2.75, 3.05) is 0 Å². The van der Waals surface area contributed by atoms with Crippen LogP contribution < -0.4 is 24.8 Å². The van der Waals surface area contributed by atoms with Crippen molar-refractivity contribution in [1.82, 2.24) is 0 Å². The van der Waals surface area contributed by atoms with E-state index < -0.39 is 0 Å². The first-order valence-electron chi connectivity index (χ1n) is 13.9. The monoisotopic (exact) mass is 642 g/mol. The summed E-state index contributed by atoms with van der Waals surface area (Å²) in [5.74, 6) is 0.587. The molecule has 1 atom stereocenters. The number of fused-ring (bicyclic) bond motifs is 3. The Bertz CT molecular complexity index is 1200. The molecule has 0 bridgehead atoms. The number of halogens is 2. The molecule has 0 amide bonds. The van der Waals surface area contributed by atoms with Crippen LogP contribution in [0.25, 0.3) is 21.5 Å². The van der Waals surface area contributed by atoms with Gasteiger partial charge in [-0.05, 0) is 10.8 Å². The van der Waals surface area contributed by atoms with Crippen LogP contribution in [0.15, 0.2) is 60.2 Å². The van der Waals surface area contributed by atoms with Gasteiger partial charge in [0, 0.05) is 0 Å². The van der Waals surface area contributed by atoms with Crippen LogP contribution in [0.3, 0.4) is 0 Å². The van der Waals surface area contributed by atoms with Gasteiger partial charge in [-0.25, -0.2) is 6.08 Å². The summed E-state index contributed by atoms with van der Waals surface area (Å²) in [6.45, 7) is 26.9. The van der Waals surface area contributed by atoms with Crippen LogP contribution in [0, 0.1) is 17.4 Å². The quantitative estimate of drug-likeness (QED) is 0.352. The summed E-state index contributed by atoms with van der Waals surface area (Å²) in [6, 6.07) is 16.1. The Balaban J connectivity index is 0.000000687. The first-order valence-corrected chi connectivity index (χ1v) is 15.1. The number of hydrogen-bond donors (Lipinski definition) is 0. The van der Waals surface area contributed by atoms with E-state index in [0.717, 1.165) is 0 Å². The summed E-state index contributed by atoms with van der Waals surface area (Å²) in [5, 5.41) is 5.49. The molecule has 0 heterocycles. The van der Waals surface area contributed by atoms with Crippen molar-refractivity contribution < 1.29 is 49.0 Å². The zero-order valence-corrected chi connectivity index (χ0v) is 30.4. The molecular weight excluding hydrogens is 595 g/mol. The minimum absolute atomic E-state index is 0. The van der Waals surface area contributed by atoms with Gasteiger partial charge in [0.15, 0.2) is 0 Å². The van der Waals surface area contributed by atoms with Crippen molar-refractivity contribution in [3.05, 3.63) is 77.4 Å². The summed E-state index contributed by atoms with van der Waals surface area (Å²) in [7, 11) is 0. The summed E-state index contributed by atoms with van der Waals surface area (Å²) in [4.78, 5) is 0. The molecule has 3 aromatic rings. The van der Waals surface area contributed by atoms with Gasteiger partial charge in [0.05, 0.1) is 0 Å². The fraction of sp³-hybridized carbons (Fsp3) is 0.500. The van der Waals surface area contributed by atoms with E-state index in [9.17, 15) is 0 Å². The molecule has 0 aromatic heterocycles. The second-order valence-corrected chi connectivity index (χ2v) is 16.3. The van der Waals surface area contributed by atoms with Crippen LogP contribution in [0.4, 0.5) is 0 Å². The Labute approximate surface area is 267 Å². The maximum atomic E-state index is 3.40. The predicted octanol–water partition coefficient (Wildman–Crippen LogP) is 4.81. The van der Waals surface area contributed by atoms with Gasteiger partial charge >= 0.3 is 41.3 Å². The summed E-state index contributed by atoms with van der Waals surface area (Å²) < 4.78 is 1.51. The minimum atomic E-state index is 0. The maximum Gasteiger partial charge on any atom is -1.00 e. The third kappa shape index (κ3) is 11.5. The van der Waals surface area contributed by atoms with Gasteiger partial charge in [0.1, 0.15) is 0 Å². The van der Waals surface area contributed by atoms with Gasteiger partial charge < -0.3 is 24.8 Å². The molecule has 1 unspecified atom stereocenters. The van der Waals surface area contributed by atoms with Crippen molar-refractivity contribution in [2.45, 2.75) is 107 Å². The molecule has 1 aliphatic rings. The van der Waals surface area contributed by atoms with Gasteiger partial charge in [-0.1, -0.05) is 129 Å². The van der Waals surface area contributed by atoms with E-state index in [1.165, 1.54) is 54.3 Å². The van der Waals surface area contributed by atoms with Crippen molar-refractivity contribution in [2.24, 2.45) is 11.3 Å². The Kier molecular flexibility index (Phi) is 15.0. The van der Waals surface area contributed by atoms with E-state index in [1.54, 1.807) is 24.2 Å². The van der Waals surface area contributed by atoms with E-state index in [2.05, 4.69) is 144 Å². The van der Waals surface area contributed by atoms with Crippen LogP contribution in [0.1, 0.15) is 107 Å². The van der Waals surface area contributed by atoms with Crippen molar-refractivity contribution in [3.63, 3.8) is 0 Å². The van der Waals surface area contributed by atoms with Crippen LogP contribution >= 0.6 is 0 Å². The summed E-state index contributed by atoms with van der Waals surface area (Å²) in [6.07, 6.45) is 10.4. The van der Waals surface area contributed by atoms with Crippen molar-refractivity contribution in [1.29, 1.82) is 0 Å². The second-order valence-electron chi connectivity index (χ2n) is 13.8. The van der Waals surface area contributed by atoms with Gasteiger partial charge in [-0.3, -0.25) is 6.08 Å². The molecule has 0 N–H and O–H groups in total. The van der Waals surface area contributed by atoms with E-state index in [0.29, 0.717) is 11.3 Å². The SMILES string of the molecule is CC(C)(C)c1ccc2[cH-]c3ccc(C(C)(C)C)cc3c2c1.CCCC1[C-]=CC(C(C)(C)C)=C1.C[C](C)=[Zr+2].[Cl-].[Cl-]. The molecule has 3 aromatic carbocycles. The largest absolute Gasteiger partial charge is 1.00 e. The Morgan fingerprint density at radius 1 is 0.769 bits per heavy atom. The molecule has 0 radical (unpaired) electrons. The van der Waals surface area contributed by atoms with Gasteiger partial charge in [-0.2, -0.15) is 11.6 Å². The number of rotatable bonds is 2. The first kappa shape index (κ1) is 38.1. The van der Waals surface area contributed by atoms with Gasteiger partial charge in [0.2, 0.25) is 0 Å². The molecule has 4 rings (SSSR count). The van der Waals surface area contributed by atoms with Crippen molar-refractivity contribution >= 4 is 24.8 Å². The average molecular weight is 645 g/mol. The average Bonchev–Trinajstić information content (AvgIpc) is 3.36. The third-order valence-electron chi connectivity index (χ3n) is 6.74. The van der Waals surface area contributed by atoms with Crippen LogP contribution in [-0.4, -0.2) is 3.21 Å². The molecule has 0 aliphatic heterocycles. The van der Waals surface area contributed by atoms with E-state index in [1.807, 2.05) is 0 Å². The molecule has 1 aliphatic carbocycles. The Hall–Kier alpha value is -0.877. The molecule has 214 valence electrons. The Morgan fingerprint density at radius 3 is 1.49 bits per heavy atom. The molecule has 0 spiro atoms. The smallest absolute Gasteiger partial charge is 1.00 e. The van der Waals surface area contributed by atoms with Gasteiger partial charge in [-0.15, -0.1) is 39.7 Å². The number of hydrogen-bond acceptors (Lipinski definition) is 0. The topological polar surface area (TPSA) is 0 Å². The zero-order chi connectivity index (χ0) is 28.2. The number of allylic oxidation sites excluding steroid dienone is 4. The molecule has 0 saturated heterocycles. The van der Waals surface area contributed by atoms with E-state index in [4.69, 9.17) is 0 Å². The van der Waals surface area contributed by atoms with Crippen LogP contribution in [0.2, 0.25) is 0 Å². The minimum Gasteiger partial charge on any atom is -1.00 e. The molecule has 39 heavy (non-hydrogen) atoms. The Morgan fingerprint density at radius 2 is 1.18 bits per heavy atom. The van der Waals surface area contributed by atoms with Crippen LogP contribution in [0.5, 0.6) is 0 Å². The third-order valence-corrected chi connectivity index (χ3v) is 6.74. The maximum absolute atomic E-state index is 3.40.